The van der Waals surface area contributed by atoms with Crippen molar-refractivity contribution in [2.24, 2.45) is 5.92 Å². The highest BCUT2D eigenvalue weighted by molar-refractivity contribution is 6.32. The number of pyridine rings is 1. The van der Waals surface area contributed by atoms with Crippen LogP contribution in [0.3, 0.4) is 0 Å². The van der Waals surface area contributed by atoms with Gasteiger partial charge in [-0.15, -0.1) is 0 Å². The lowest BCUT2D eigenvalue weighted by molar-refractivity contribution is 0.0948. The third-order valence-corrected chi connectivity index (χ3v) is 3.25. The molecule has 2 rings (SSSR count). The minimum atomic E-state index is -0.555. The van der Waals surface area contributed by atoms with Crippen LogP contribution in [0.4, 0.5) is 4.39 Å². The largest absolute Gasteiger partial charge is 0.349 e. The third-order valence-electron chi connectivity index (χ3n) is 2.95. The van der Waals surface area contributed by atoms with Crippen LogP contribution in [0.2, 0.25) is 5.15 Å². The topological polar surface area (TPSA) is 42.0 Å². The fourth-order valence-electron chi connectivity index (χ4n) is 1.94. The molecule has 1 amide bonds. The van der Waals surface area contributed by atoms with Gasteiger partial charge in [0.15, 0.2) is 0 Å². The second kappa shape index (κ2) is 5.00. The summed E-state index contributed by atoms with van der Waals surface area (Å²) < 4.78 is 13.0. The molecule has 0 bridgehead atoms. The molecule has 1 saturated carbocycles. The molecule has 0 aromatic carbocycles. The van der Waals surface area contributed by atoms with E-state index in [4.69, 9.17) is 11.6 Å². The Morgan fingerprint density at radius 2 is 2.47 bits per heavy atom. The first kappa shape index (κ1) is 12.3. The summed E-state index contributed by atoms with van der Waals surface area (Å²) in [4.78, 5) is 15.4. The maximum absolute atomic E-state index is 13.0. The van der Waals surface area contributed by atoms with Gasteiger partial charge >= 0.3 is 0 Å². The van der Waals surface area contributed by atoms with E-state index in [1.807, 2.05) is 0 Å². The summed E-state index contributed by atoms with van der Waals surface area (Å²) in [6, 6.07) is 1.32. The van der Waals surface area contributed by atoms with Crippen LogP contribution in [0, 0.1) is 11.7 Å². The molecule has 1 heterocycles. The van der Waals surface area contributed by atoms with Gasteiger partial charge in [-0.05, 0) is 24.8 Å². The second-order valence-corrected chi connectivity index (χ2v) is 4.71. The molecule has 3 nitrogen and oxygen atoms in total. The van der Waals surface area contributed by atoms with E-state index in [1.54, 1.807) is 0 Å². The number of nitrogens with zero attached hydrogens (tertiary/aromatic N) is 1. The summed E-state index contributed by atoms with van der Waals surface area (Å²) in [7, 11) is 0. The van der Waals surface area contributed by atoms with E-state index >= 15 is 0 Å². The van der Waals surface area contributed by atoms with Gasteiger partial charge in [0.25, 0.3) is 5.91 Å². The first-order valence-corrected chi connectivity index (χ1v) is 6.11. The molecule has 92 valence electrons. The number of aromatic nitrogens is 1. The summed E-state index contributed by atoms with van der Waals surface area (Å²) in [5, 5.41) is 2.88. The fourth-order valence-corrected chi connectivity index (χ4v) is 2.13. The summed E-state index contributed by atoms with van der Waals surface area (Å²) in [5.74, 6) is -0.338. The number of carbonyl (C=O) groups excluding carboxylic acids is 1. The smallest absolute Gasteiger partial charge is 0.254 e. The molecule has 0 saturated heterocycles. The van der Waals surface area contributed by atoms with E-state index in [0.29, 0.717) is 5.92 Å². The Bertz CT molecular complexity index is 439. The molecule has 2 unspecified atom stereocenters. The molecule has 5 heteroatoms. The summed E-state index contributed by atoms with van der Waals surface area (Å²) in [6.45, 7) is 2.12. The zero-order chi connectivity index (χ0) is 12.4. The SMILES string of the molecule is CCCC1CC1NC(=O)c1cc(F)cnc1Cl. The van der Waals surface area contributed by atoms with Gasteiger partial charge in [-0.25, -0.2) is 9.37 Å². The van der Waals surface area contributed by atoms with Gasteiger partial charge in [-0.2, -0.15) is 0 Å². The van der Waals surface area contributed by atoms with E-state index in [-0.39, 0.29) is 22.7 Å². The van der Waals surface area contributed by atoms with E-state index in [9.17, 15) is 9.18 Å². The van der Waals surface area contributed by atoms with E-state index in [0.717, 1.165) is 31.5 Å². The van der Waals surface area contributed by atoms with Crippen molar-refractivity contribution in [3.05, 3.63) is 28.8 Å². The highest BCUT2D eigenvalue weighted by Gasteiger charge is 2.37. The zero-order valence-corrected chi connectivity index (χ0v) is 10.3. The van der Waals surface area contributed by atoms with Crippen molar-refractivity contribution in [1.29, 1.82) is 0 Å². The van der Waals surface area contributed by atoms with Crippen molar-refractivity contribution in [1.82, 2.24) is 10.3 Å². The number of amides is 1. The Morgan fingerprint density at radius 1 is 1.71 bits per heavy atom. The Kier molecular flexibility index (Phi) is 3.62. The average molecular weight is 257 g/mol. The summed E-state index contributed by atoms with van der Waals surface area (Å²) >= 11 is 5.75. The Morgan fingerprint density at radius 3 is 3.18 bits per heavy atom. The lowest BCUT2D eigenvalue weighted by Gasteiger charge is -2.05. The van der Waals surface area contributed by atoms with Gasteiger partial charge in [0.05, 0.1) is 11.8 Å². The van der Waals surface area contributed by atoms with E-state index < -0.39 is 5.82 Å². The maximum atomic E-state index is 13.0. The maximum Gasteiger partial charge on any atom is 0.254 e. The van der Waals surface area contributed by atoms with Crippen LogP contribution in [-0.2, 0) is 0 Å². The number of hydrogen-bond acceptors (Lipinski definition) is 2. The first-order chi connectivity index (χ1) is 8.11. The monoisotopic (exact) mass is 256 g/mol. The van der Waals surface area contributed by atoms with E-state index in [2.05, 4.69) is 17.2 Å². The molecule has 1 aliphatic rings. The van der Waals surface area contributed by atoms with Gasteiger partial charge in [-0.1, -0.05) is 24.9 Å². The highest BCUT2D eigenvalue weighted by atomic mass is 35.5. The number of halogens is 2. The van der Waals surface area contributed by atoms with Crippen LogP contribution in [0.1, 0.15) is 36.5 Å². The highest BCUT2D eigenvalue weighted by Crippen LogP contribution is 2.34. The summed E-state index contributed by atoms with van der Waals surface area (Å²) in [6.07, 6.45) is 4.22. The van der Waals surface area contributed by atoms with Crippen LogP contribution in [0.15, 0.2) is 12.3 Å². The number of nitrogens with one attached hydrogen (secondary N) is 1. The van der Waals surface area contributed by atoms with Crippen LogP contribution in [0.5, 0.6) is 0 Å². The quantitative estimate of drug-likeness (QED) is 0.842. The van der Waals surface area contributed by atoms with Gasteiger partial charge in [0.1, 0.15) is 11.0 Å². The molecule has 1 aliphatic carbocycles. The van der Waals surface area contributed by atoms with Crippen LogP contribution < -0.4 is 5.32 Å². The minimum absolute atomic E-state index is 0.0385. The molecule has 1 aromatic rings. The van der Waals surface area contributed by atoms with Gasteiger partial charge in [-0.3, -0.25) is 4.79 Å². The predicted molar refractivity (Wildman–Crippen MR) is 63.5 cm³/mol. The Hall–Kier alpha value is -1.16. The predicted octanol–water partition coefficient (Wildman–Crippen LogP) is 2.79. The molecule has 0 spiro atoms. The third kappa shape index (κ3) is 2.94. The Balaban J connectivity index is 1.98. The number of hydrogen-bond donors (Lipinski definition) is 1. The second-order valence-electron chi connectivity index (χ2n) is 4.36. The van der Waals surface area contributed by atoms with E-state index in [1.165, 1.54) is 0 Å². The van der Waals surface area contributed by atoms with Crippen molar-refractivity contribution in [3.8, 4) is 0 Å². The number of carbonyl (C=O) groups is 1. The van der Waals surface area contributed by atoms with Crippen molar-refractivity contribution >= 4 is 17.5 Å². The average Bonchev–Trinajstić information content (AvgIpc) is 3.00. The number of rotatable bonds is 4. The van der Waals surface area contributed by atoms with Crippen molar-refractivity contribution in [2.45, 2.75) is 32.2 Å². The van der Waals surface area contributed by atoms with Gasteiger partial charge < -0.3 is 5.32 Å². The normalized spacial score (nSPS) is 22.3. The Labute approximate surface area is 104 Å². The zero-order valence-electron chi connectivity index (χ0n) is 9.54. The minimum Gasteiger partial charge on any atom is -0.349 e. The molecule has 2 atom stereocenters. The molecule has 1 N–H and O–H groups in total. The van der Waals surface area contributed by atoms with Crippen LogP contribution in [0.25, 0.3) is 0 Å². The lowest BCUT2D eigenvalue weighted by atomic mass is 10.2. The van der Waals surface area contributed by atoms with Gasteiger partial charge in [0, 0.05) is 6.04 Å². The van der Waals surface area contributed by atoms with Crippen LogP contribution >= 0.6 is 11.6 Å². The molecular formula is C12H14ClFN2O. The molecule has 0 radical (unpaired) electrons. The van der Waals surface area contributed by atoms with Crippen LogP contribution in [-0.4, -0.2) is 16.9 Å². The first-order valence-electron chi connectivity index (χ1n) is 5.73. The molecular weight excluding hydrogens is 243 g/mol. The molecule has 1 fully saturated rings. The molecule has 0 aliphatic heterocycles. The fraction of sp³-hybridized carbons (Fsp3) is 0.500. The van der Waals surface area contributed by atoms with Gasteiger partial charge in [0.2, 0.25) is 0 Å². The van der Waals surface area contributed by atoms with Crippen molar-refractivity contribution < 1.29 is 9.18 Å². The van der Waals surface area contributed by atoms with Crippen molar-refractivity contribution in [3.63, 3.8) is 0 Å². The molecule has 1 aromatic heterocycles. The standard InChI is InChI=1S/C12H14ClFN2O/c1-2-3-7-4-10(7)16-12(17)9-5-8(14)6-15-11(9)13/h5-7,10H,2-4H2,1H3,(H,16,17). The lowest BCUT2D eigenvalue weighted by Crippen LogP contribution is -2.27. The van der Waals surface area contributed by atoms with Crippen molar-refractivity contribution in [2.75, 3.05) is 0 Å². The summed E-state index contributed by atoms with van der Waals surface area (Å²) in [5.41, 5.74) is 0.105. The molecule has 17 heavy (non-hydrogen) atoms.